The van der Waals surface area contributed by atoms with Crippen molar-refractivity contribution in [2.45, 2.75) is 32.1 Å². The van der Waals surface area contributed by atoms with Gasteiger partial charge in [-0.05, 0) is 0 Å². The van der Waals surface area contributed by atoms with E-state index in [-0.39, 0.29) is 44.5 Å². The topological polar surface area (TPSA) is 17.1 Å². The third kappa shape index (κ3) is 4.52. The third-order valence-corrected chi connectivity index (χ3v) is 1.77. The van der Waals surface area contributed by atoms with Crippen LogP contribution in [0.4, 0.5) is 0 Å². The van der Waals surface area contributed by atoms with Gasteiger partial charge in [-0.25, -0.2) is 0 Å². The van der Waals surface area contributed by atoms with Gasteiger partial charge in [0.25, 0.3) is 0 Å². The van der Waals surface area contributed by atoms with Gasteiger partial charge in [0.1, 0.15) is 0 Å². The number of carbonyl (C=O) groups excluding carboxylic acids is 1. The molecule has 0 aromatic rings. The van der Waals surface area contributed by atoms with Gasteiger partial charge in [-0.2, -0.15) is 0 Å². The Morgan fingerprint density at radius 3 is 1.90 bits per heavy atom. The number of rotatable bonds is 1. The summed E-state index contributed by atoms with van der Waals surface area (Å²) in [4.78, 5) is 10.0. The summed E-state index contributed by atoms with van der Waals surface area (Å²) < 4.78 is 0. The van der Waals surface area contributed by atoms with Crippen molar-refractivity contribution in [1.29, 1.82) is 0 Å². The van der Waals surface area contributed by atoms with Gasteiger partial charge in [0.15, 0.2) is 0 Å². The van der Waals surface area contributed by atoms with Gasteiger partial charge < -0.3 is 12.2 Å². The van der Waals surface area contributed by atoms with Crippen LogP contribution in [0.3, 0.4) is 0 Å². The molecular weight excluding hydrogens is 350 g/mol. The van der Waals surface area contributed by atoms with Gasteiger partial charge in [-0.1, -0.05) is 32.1 Å². The van der Waals surface area contributed by atoms with E-state index < -0.39 is 0 Å². The fourth-order valence-corrected chi connectivity index (χ4v) is 1.22. The molecule has 10 heavy (non-hydrogen) atoms. The minimum atomic E-state index is 0. The van der Waals surface area contributed by atoms with Gasteiger partial charge in [0, 0.05) is 0 Å². The molecule has 0 saturated heterocycles. The zero-order chi connectivity index (χ0) is 5.82. The molecule has 0 amide bonds. The van der Waals surface area contributed by atoms with Crippen molar-refractivity contribution in [2.75, 3.05) is 0 Å². The Balaban J connectivity index is 0. The van der Waals surface area contributed by atoms with Crippen LogP contribution in [0.5, 0.6) is 0 Å². The molecule has 1 rings (SSSR count). The molecule has 2 heteroatoms. The summed E-state index contributed by atoms with van der Waals surface area (Å²) in [6.07, 6.45) is 8.02. The van der Waals surface area contributed by atoms with E-state index in [2.05, 4.69) is 6.29 Å². The van der Waals surface area contributed by atoms with Crippen molar-refractivity contribution in [3.63, 3.8) is 0 Å². The van der Waals surface area contributed by atoms with Crippen molar-refractivity contribution in [3.05, 3.63) is 7.43 Å². The second-order valence-corrected chi connectivity index (χ2v) is 2.45. The summed E-state index contributed by atoms with van der Waals surface area (Å²) in [6, 6.07) is 0. The molecule has 0 N–H and O–H groups in total. The molecule has 0 bridgehead atoms. The SMILES string of the molecule is O=[C-]C1CCCCC1.[CH3-].[U+2]. The Morgan fingerprint density at radius 2 is 1.60 bits per heavy atom. The molecule has 0 atom stereocenters. The van der Waals surface area contributed by atoms with Crippen LogP contribution in [0.15, 0.2) is 0 Å². The fourth-order valence-electron chi connectivity index (χ4n) is 1.22. The second-order valence-electron chi connectivity index (χ2n) is 2.45. The van der Waals surface area contributed by atoms with E-state index in [4.69, 9.17) is 0 Å². The minimum absolute atomic E-state index is 0. The van der Waals surface area contributed by atoms with Crippen LogP contribution in [-0.2, 0) is 4.79 Å². The quantitative estimate of drug-likeness (QED) is 0.652. The Kier molecular flexibility index (Phi) is 10.4. The standard InChI is InChI=1S/C7H11O.CH3.U/c8-6-7-4-2-1-3-5-7;;/h7H,1-5H2;1H3;/q2*-1;+2. The molecule has 0 aromatic heterocycles. The fraction of sp³-hybridized carbons (Fsp3) is 0.750. The molecule has 1 fully saturated rings. The van der Waals surface area contributed by atoms with E-state index in [0.717, 1.165) is 12.8 Å². The molecule has 0 heterocycles. The molecule has 56 valence electrons. The second kappa shape index (κ2) is 7.82. The summed E-state index contributed by atoms with van der Waals surface area (Å²) in [5.74, 6) is 0.281. The van der Waals surface area contributed by atoms with Crippen LogP contribution >= 0.6 is 0 Å². The van der Waals surface area contributed by atoms with Crippen molar-refractivity contribution in [2.24, 2.45) is 5.92 Å². The molecule has 0 aliphatic heterocycles. The maximum Gasteiger partial charge on any atom is 2.00 e. The maximum absolute atomic E-state index is 10.0. The van der Waals surface area contributed by atoms with E-state index in [9.17, 15) is 4.79 Å². The zero-order valence-electron chi connectivity index (χ0n) is 6.52. The molecule has 1 nitrogen and oxygen atoms in total. The van der Waals surface area contributed by atoms with Gasteiger partial charge in [0.2, 0.25) is 0 Å². The number of hydrogen-bond acceptors (Lipinski definition) is 1. The number of hydrogen-bond donors (Lipinski definition) is 0. The van der Waals surface area contributed by atoms with E-state index in [0.29, 0.717) is 0 Å². The van der Waals surface area contributed by atoms with E-state index >= 15 is 0 Å². The molecule has 0 spiro atoms. The summed E-state index contributed by atoms with van der Waals surface area (Å²) in [7, 11) is 0. The van der Waals surface area contributed by atoms with Crippen molar-refractivity contribution in [1.82, 2.24) is 0 Å². The van der Waals surface area contributed by atoms with Crippen LogP contribution in [-0.4, -0.2) is 6.29 Å². The van der Waals surface area contributed by atoms with Crippen molar-refractivity contribution < 1.29 is 35.9 Å². The predicted octanol–water partition coefficient (Wildman–Crippen LogP) is 2.13. The summed E-state index contributed by atoms with van der Waals surface area (Å²) in [6.45, 7) is 0. The smallest absolute Gasteiger partial charge is 0.542 e. The Labute approximate surface area is 87.3 Å². The normalized spacial score (nSPS) is 18.4. The molecule has 0 aromatic carbocycles. The molecule has 1 saturated carbocycles. The Bertz CT molecular complexity index is 77.3. The average Bonchev–Trinajstić information content (AvgIpc) is 1.90. The molecule has 1 aliphatic carbocycles. The van der Waals surface area contributed by atoms with E-state index in [1.807, 2.05) is 0 Å². The minimum Gasteiger partial charge on any atom is -0.542 e. The molecule has 0 unspecified atom stereocenters. The molecular formula is C8H14OU. The van der Waals surface area contributed by atoms with Crippen LogP contribution < -0.4 is 0 Å². The monoisotopic (exact) mass is 364 g/mol. The van der Waals surface area contributed by atoms with Gasteiger partial charge in [-0.15, -0.1) is 5.92 Å². The first-order chi connectivity index (χ1) is 3.93. The van der Waals surface area contributed by atoms with Crippen molar-refractivity contribution >= 4 is 6.29 Å². The largest absolute Gasteiger partial charge is 2.00 e. The molecule has 1 aliphatic rings. The zero-order valence-corrected chi connectivity index (χ0v) is 10.7. The maximum atomic E-state index is 10.0. The van der Waals surface area contributed by atoms with E-state index in [1.165, 1.54) is 19.3 Å². The molecule has 0 radical (unpaired) electrons. The summed E-state index contributed by atoms with van der Waals surface area (Å²) in [5.41, 5.74) is 0. The first-order valence-electron chi connectivity index (χ1n) is 3.31. The van der Waals surface area contributed by atoms with Gasteiger partial charge >= 0.3 is 31.1 Å². The average molecular weight is 364 g/mol. The van der Waals surface area contributed by atoms with Crippen LogP contribution in [0.25, 0.3) is 0 Å². The van der Waals surface area contributed by atoms with Crippen LogP contribution in [0.1, 0.15) is 32.1 Å². The first-order valence-corrected chi connectivity index (χ1v) is 3.31. The van der Waals surface area contributed by atoms with Crippen molar-refractivity contribution in [3.8, 4) is 0 Å². The Hall–Kier alpha value is 0.722. The summed E-state index contributed by atoms with van der Waals surface area (Å²) >= 11 is 0. The summed E-state index contributed by atoms with van der Waals surface area (Å²) in [5, 5.41) is 0. The van der Waals surface area contributed by atoms with Gasteiger partial charge in [-0.3, -0.25) is 6.29 Å². The Morgan fingerprint density at radius 1 is 1.10 bits per heavy atom. The third-order valence-electron chi connectivity index (χ3n) is 1.77. The predicted molar refractivity (Wildman–Crippen MR) is 38.7 cm³/mol. The van der Waals surface area contributed by atoms with E-state index in [1.54, 1.807) is 0 Å². The van der Waals surface area contributed by atoms with Crippen LogP contribution in [0, 0.1) is 44.5 Å². The van der Waals surface area contributed by atoms with Gasteiger partial charge in [0.05, 0.1) is 0 Å². The van der Waals surface area contributed by atoms with Crippen LogP contribution in [0.2, 0.25) is 0 Å². The first kappa shape index (κ1) is 13.3.